The molecule has 1 aliphatic carbocycles. The van der Waals surface area contributed by atoms with E-state index in [1.54, 1.807) is 16.6 Å². The van der Waals surface area contributed by atoms with E-state index in [-0.39, 0.29) is 39.4 Å². The highest BCUT2D eigenvalue weighted by Gasteiger charge is 2.48. The highest BCUT2D eigenvalue weighted by atomic mass is 32.1. The summed E-state index contributed by atoms with van der Waals surface area (Å²) in [5.41, 5.74) is -1.21. The van der Waals surface area contributed by atoms with Crippen LogP contribution in [0.2, 0.25) is 0 Å². The number of carbonyl (C=O) groups is 1. The van der Waals surface area contributed by atoms with Gasteiger partial charge in [-0.3, -0.25) is 19.3 Å². The van der Waals surface area contributed by atoms with Crippen molar-refractivity contribution in [2.45, 2.75) is 31.8 Å². The summed E-state index contributed by atoms with van der Waals surface area (Å²) in [5.74, 6) is -3.46. The maximum Gasteiger partial charge on any atom is 0.277 e. The van der Waals surface area contributed by atoms with Crippen LogP contribution >= 0.6 is 11.3 Å². The third kappa shape index (κ3) is 3.33. The zero-order valence-electron chi connectivity index (χ0n) is 18.5. The Balaban J connectivity index is 1.41. The molecule has 3 atom stereocenters. The molecule has 6 rings (SSSR count). The Kier molecular flexibility index (Phi) is 4.92. The molecule has 2 aromatic heterocycles. The number of aromatic hydroxyl groups is 1. The fourth-order valence-corrected chi connectivity index (χ4v) is 6.51. The summed E-state index contributed by atoms with van der Waals surface area (Å²) in [7, 11) is 1.69. The summed E-state index contributed by atoms with van der Waals surface area (Å²) < 4.78 is 42.9. The molecule has 2 fully saturated rings. The van der Waals surface area contributed by atoms with E-state index in [0.717, 1.165) is 30.6 Å². The number of fused-ring (bicyclic) bond motifs is 6. The monoisotopic (exact) mass is 503 g/mol. The number of nitrogens with zero attached hydrogens (tertiary/aromatic N) is 5. The molecular formula is C23H20F3N5O3S. The van der Waals surface area contributed by atoms with Gasteiger partial charge in [0.25, 0.3) is 5.91 Å². The first kappa shape index (κ1) is 22.1. The Hall–Kier alpha value is -3.41. The molecule has 0 unspecified atom stereocenters. The van der Waals surface area contributed by atoms with Crippen molar-refractivity contribution in [1.29, 1.82) is 0 Å². The topological polar surface area (TPSA) is 91.6 Å². The van der Waals surface area contributed by atoms with Crippen LogP contribution in [0.5, 0.6) is 5.75 Å². The van der Waals surface area contributed by atoms with Gasteiger partial charge in [0.15, 0.2) is 16.5 Å². The summed E-state index contributed by atoms with van der Waals surface area (Å²) in [6.45, 7) is 0.679. The molecule has 2 aliphatic heterocycles. The van der Waals surface area contributed by atoms with Crippen molar-refractivity contribution in [3.05, 3.63) is 62.3 Å². The number of rotatable bonds is 3. The number of hydrogen-bond donors (Lipinski definition) is 1. The molecule has 8 nitrogen and oxygen atoms in total. The SMILES string of the molecule is CN1C(=O)c2c(O)c(=O)c(-c3nnc(Cc4c(F)cc(F)cc4F)s3)cn2N2C[C@@H]3CC[C@@H](C3)[C@@H]12. The summed E-state index contributed by atoms with van der Waals surface area (Å²) in [6, 6.07) is 1.18. The van der Waals surface area contributed by atoms with Crippen LogP contribution in [0.3, 0.4) is 0 Å². The van der Waals surface area contributed by atoms with Gasteiger partial charge in [-0.2, -0.15) is 0 Å². The van der Waals surface area contributed by atoms with E-state index < -0.39 is 34.5 Å². The van der Waals surface area contributed by atoms with Crippen LogP contribution in [0.15, 0.2) is 23.1 Å². The lowest BCUT2D eigenvalue weighted by molar-refractivity contribution is 0.0494. The largest absolute Gasteiger partial charge is 0.502 e. The summed E-state index contributed by atoms with van der Waals surface area (Å²) in [4.78, 5) is 27.7. The zero-order valence-corrected chi connectivity index (χ0v) is 19.4. The van der Waals surface area contributed by atoms with Crippen molar-refractivity contribution in [3.8, 4) is 16.3 Å². The Labute approximate surface area is 201 Å². The summed E-state index contributed by atoms with van der Waals surface area (Å²) in [6.07, 6.45) is 4.12. The lowest BCUT2D eigenvalue weighted by atomic mass is 9.94. The highest BCUT2D eigenvalue weighted by molar-refractivity contribution is 7.14. The van der Waals surface area contributed by atoms with Crippen molar-refractivity contribution in [3.63, 3.8) is 0 Å². The van der Waals surface area contributed by atoms with E-state index in [9.17, 15) is 27.9 Å². The number of pyridine rings is 1. The van der Waals surface area contributed by atoms with Gasteiger partial charge in [-0.25, -0.2) is 13.2 Å². The zero-order chi connectivity index (χ0) is 24.6. The maximum absolute atomic E-state index is 14.1. The Bertz CT molecular complexity index is 1420. The van der Waals surface area contributed by atoms with Crippen LogP contribution in [0.4, 0.5) is 13.2 Å². The Morgan fingerprint density at radius 2 is 1.89 bits per heavy atom. The second-order valence-electron chi connectivity index (χ2n) is 9.33. The van der Waals surface area contributed by atoms with Gasteiger partial charge >= 0.3 is 0 Å². The first-order valence-electron chi connectivity index (χ1n) is 11.2. The third-order valence-corrected chi connectivity index (χ3v) is 8.20. The summed E-state index contributed by atoms with van der Waals surface area (Å²) in [5, 5.41) is 21.1. The quantitative estimate of drug-likeness (QED) is 0.591. The van der Waals surface area contributed by atoms with Gasteiger partial charge < -0.3 is 10.0 Å². The molecule has 0 radical (unpaired) electrons. The lowest BCUT2D eigenvalue weighted by Crippen LogP contribution is -2.64. The maximum atomic E-state index is 14.1. The van der Waals surface area contributed by atoms with Gasteiger partial charge in [0.2, 0.25) is 5.43 Å². The number of halogens is 3. The van der Waals surface area contributed by atoms with Gasteiger partial charge in [0.05, 0.1) is 5.56 Å². The fraction of sp³-hybridized carbons (Fsp3) is 0.391. The lowest BCUT2D eigenvalue weighted by Gasteiger charge is -2.50. The van der Waals surface area contributed by atoms with Crippen LogP contribution < -0.4 is 10.4 Å². The number of hydrogen-bond acceptors (Lipinski definition) is 7. The standard InChI is InChI=1S/C23H20F3N5O3S/c1-29-22-11-3-2-10(4-11)8-31(22)30-9-14(19(32)20(33)18(30)23(29)34)21-28-27-17(35-21)7-13-15(25)5-12(24)6-16(13)26/h5-6,9-11,22,33H,2-4,7-8H2,1H3/t10-,11+,22+/m1/s1. The predicted octanol–water partition coefficient (Wildman–Crippen LogP) is 2.86. The average Bonchev–Trinajstić information content (AvgIpc) is 3.43. The third-order valence-electron chi connectivity index (χ3n) is 7.25. The molecule has 1 aromatic carbocycles. The van der Waals surface area contributed by atoms with E-state index in [4.69, 9.17) is 0 Å². The van der Waals surface area contributed by atoms with E-state index in [1.807, 2.05) is 5.01 Å². The molecule has 4 heterocycles. The van der Waals surface area contributed by atoms with Gasteiger partial charge in [-0.05, 0) is 31.1 Å². The van der Waals surface area contributed by atoms with E-state index in [2.05, 4.69) is 10.2 Å². The summed E-state index contributed by atoms with van der Waals surface area (Å²) >= 11 is 0.932. The smallest absolute Gasteiger partial charge is 0.277 e. The highest BCUT2D eigenvalue weighted by Crippen LogP contribution is 2.43. The van der Waals surface area contributed by atoms with Gasteiger partial charge in [0.1, 0.15) is 28.6 Å². The number of benzene rings is 1. The molecule has 1 amide bonds. The Morgan fingerprint density at radius 1 is 1.14 bits per heavy atom. The molecule has 182 valence electrons. The van der Waals surface area contributed by atoms with Crippen LogP contribution in [0.1, 0.15) is 40.3 Å². The van der Waals surface area contributed by atoms with Crippen LogP contribution in [-0.2, 0) is 6.42 Å². The molecule has 3 aromatic rings. The van der Waals surface area contributed by atoms with Crippen LogP contribution in [0, 0.1) is 29.3 Å². The van der Waals surface area contributed by atoms with Gasteiger partial charge in [0, 0.05) is 43.9 Å². The number of amides is 1. The van der Waals surface area contributed by atoms with E-state index in [0.29, 0.717) is 30.5 Å². The molecule has 0 spiro atoms. The first-order chi connectivity index (χ1) is 16.7. The van der Waals surface area contributed by atoms with E-state index >= 15 is 0 Å². The van der Waals surface area contributed by atoms with Crippen molar-refractivity contribution in [2.24, 2.45) is 11.8 Å². The molecule has 1 saturated heterocycles. The van der Waals surface area contributed by atoms with Crippen LogP contribution in [-0.4, -0.2) is 50.5 Å². The van der Waals surface area contributed by atoms with Crippen molar-refractivity contribution >= 4 is 17.2 Å². The van der Waals surface area contributed by atoms with Gasteiger partial charge in [-0.1, -0.05) is 11.3 Å². The predicted molar refractivity (Wildman–Crippen MR) is 120 cm³/mol. The molecule has 1 N–H and O–H groups in total. The molecule has 2 bridgehead atoms. The minimum atomic E-state index is -1.04. The average molecular weight is 504 g/mol. The number of aromatic nitrogens is 3. The number of carbonyl (C=O) groups excluding carboxylic acids is 1. The Morgan fingerprint density at radius 3 is 2.63 bits per heavy atom. The van der Waals surface area contributed by atoms with Crippen LogP contribution in [0.25, 0.3) is 10.6 Å². The number of piperidine rings is 1. The van der Waals surface area contributed by atoms with E-state index in [1.165, 1.54) is 6.20 Å². The normalized spacial score (nSPS) is 23.0. The van der Waals surface area contributed by atoms with Crippen molar-refractivity contribution in [2.75, 3.05) is 18.6 Å². The molecule has 35 heavy (non-hydrogen) atoms. The van der Waals surface area contributed by atoms with Crippen molar-refractivity contribution in [1.82, 2.24) is 19.8 Å². The molecule has 1 saturated carbocycles. The fourth-order valence-electron chi connectivity index (χ4n) is 5.65. The van der Waals surface area contributed by atoms with Crippen molar-refractivity contribution < 1.29 is 23.1 Å². The molecule has 12 heteroatoms. The molecular weight excluding hydrogens is 483 g/mol. The van der Waals surface area contributed by atoms with Gasteiger partial charge in [-0.15, -0.1) is 10.2 Å². The second kappa shape index (κ2) is 7.80. The first-order valence-corrected chi connectivity index (χ1v) is 12.0. The molecule has 3 aliphatic rings. The minimum Gasteiger partial charge on any atom is -0.502 e. The minimum absolute atomic E-state index is 0.0315. The second-order valence-corrected chi connectivity index (χ2v) is 10.4.